The molecule has 1 aliphatic heterocycles. The molecule has 1 amide bonds. The lowest BCUT2D eigenvalue weighted by Crippen LogP contribution is -2.26. The molecule has 0 bridgehead atoms. The van der Waals surface area contributed by atoms with Gasteiger partial charge >= 0.3 is 0 Å². The quantitative estimate of drug-likeness (QED) is 0.664. The van der Waals surface area contributed by atoms with Gasteiger partial charge in [-0.15, -0.1) is 0 Å². The summed E-state index contributed by atoms with van der Waals surface area (Å²) in [6, 6.07) is 7.85. The first-order chi connectivity index (χ1) is 13.7. The second-order valence-corrected chi connectivity index (χ2v) is 6.58. The summed E-state index contributed by atoms with van der Waals surface area (Å²) in [5, 5.41) is 6.79. The molecule has 3 heterocycles. The Morgan fingerprint density at radius 3 is 2.93 bits per heavy atom. The lowest BCUT2D eigenvalue weighted by atomic mass is 9.93. The summed E-state index contributed by atoms with van der Waals surface area (Å²) in [4.78, 5) is 24.5. The molecule has 3 aromatic rings. The third-order valence-electron chi connectivity index (χ3n) is 4.68. The third-order valence-corrected chi connectivity index (χ3v) is 4.68. The summed E-state index contributed by atoms with van der Waals surface area (Å²) < 4.78 is 15.7. The minimum absolute atomic E-state index is 0.0753. The predicted octanol–water partition coefficient (Wildman–Crippen LogP) is 1.61. The molecule has 0 aliphatic carbocycles. The number of H-pyrrole nitrogens is 1. The average molecular weight is 383 g/mol. The number of methoxy groups -OCH3 is 2. The van der Waals surface area contributed by atoms with Gasteiger partial charge in [-0.25, -0.2) is 4.98 Å². The maximum absolute atomic E-state index is 12.5. The summed E-state index contributed by atoms with van der Waals surface area (Å²) in [6.45, 7) is 0.796. The van der Waals surface area contributed by atoms with Gasteiger partial charge in [0, 0.05) is 25.3 Å². The topological polar surface area (TPSA) is 115 Å². The van der Waals surface area contributed by atoms with E-state index in [4.69, 9.17) is 14.0 Å². The Balaban J connectivity index is 1.58. The molecule has 146 valence electrons. The van der Waals surface area contributed by atoms with Gasteiger partial charge in [0.1, 0.15) is 23.9 Å². The Labute approximate surface area is 161 Å². The molecule has 2 N–H and O–H groups in total. The third kappa shape index (κ3) is 3.61. The van der Waals surface area contributed by atoms with Crippen LogP contribution in [0.4, 0.5) is 0 Å². The van der Waals surface area contributed by atoms with Gasteiger partial charge in [-0.3, -0.25) is 4.79 Å². The average Bonchev–Trinajstić information content (AvgIpc) is 3.28. The van der Waals surface area contributed by atoms with Gasteiger partial charge in [-0.05, 0) is 18.1 Å². The van der Waals surface area contributed by atoms with Crippen molar-refractivity contribution in [2.24, 2.45) is 0 Å². The molecular weight excluding hydrogens is 362 g/mol. The van der Waals surface area contributed by atoms with E-state index in [9.17, 15) is 4.79 Å². The predicted molar refractivity (Wildman–Crippen MR) is 98.2 cm³/mol. The minimum atomic E-state index is -0.194. The maximum atomic E-state index is 12.5. The van der Waals surface area contributed by atoms with Crippen molar-refractivity contribution in [1.82, 2.24) is 25.4 Å². The highest BCUT2D eigenvalue weighted by atomic mass is 16.5. The molecule has 28 heavy (non-hydrogen) atoms. The van der Waals surface area contributed by atoms with Crippen LogP contribution in [0.1, 0.15) is 45.2 Å². The van der Waals surface area contributed by atoms with Crippen molar-refractivity contribution in [3.63, 3.8) is 0 Å². The van der Waals surface area contributed by atoms with Crippen molar-refractivity contribution >= 4 is 5.91 Å². The van der Waals surface area contributed by atoms with Crippen molar-refractivity contribution < 1.29 is 18.8 Å². The van der Waals surface area contributed by atoms with Crippen LogP contribution < -0.4 is 10.1 Å². The number of carbonyl (C=O) groups excluding carboxylic acids is 1. The number of para-hydroxylation sites is 1. The molecule has 1 aliphatic rings. The number of rotatable bonds is 6. The normalized spacial score (nSPS) is 16.4. The molecular formula is C19H21N5O4. The molecule has 0 spiro atoms. The highest BCUT2D eigenvalue weighted by Gasteiger charge is 2.28. The molecule has 1 atom stereocenters. The van der Waals surface area contributed by atoms with Crippen LogP contribution in [0.3, 0.4) is 0 Å². The number of ether oxygens (including phenoxy) is 2. The van der Waals surface area contributed by atoms with Crippen molar-refractivity contribution in [3.8, 4) is 5.75 Å². The van der Waals surface area contributed by atoms with Crippen LogP contribution in [0.15, 0.2) is 28.8 Å². The van der Waals surface area contributed by atoms with Crippen LogP contribution in [0.2, 0.25) is 0 Å². The lowest BCUT2D eigenvalue weighted by Gasteiger charge is -2.17. The van der Waals surface area contributed by atoms with E-state index in [1.807, 2.05) is 24.3 Å². The fourth-order valence-electron chi connectivity index (χ4n) is 3.42. The number of nitrogens with one attached hydrogen (secondary N) is 2. The van der Waals surface area contributed by atoms with Crippen molar-refractivity contribution in [2.45, 2.75) is 25.4 Å². The number of hydrogen-bond acceptors (Lipinski definition) is 7. The molecule has 0 saturated carbocycles. The lowest BCUT2D eigenvalue weighted by molar-refractivity contribution is 0.0950. The first-order valence-corrected chi connectivity index (χ1v) is 8.97. The number of benzene rings is 1. The van der Waals surface area contributed by atoms with Crippen molar-refractivity contribution in [2.75, 3.05) is 20.8 Å². The van der Waals surface area contributed by atoms with Crippen LogP contribution in [0, 0.1) is 0 Å². The molecule has 9 heteroatoms. The summed E-state index contributed by atoms with van der Waals surface area (Å²) in [7, 11) is 3.21. The number of aromatic nitrogens is 4. The van der Waals surface area contributed by atoms with E-state index in [0.717, 1.165) is 17.0 Å². The van der Waals surface area contributed by atoms with Gasteiger partial charge in [0.25, 0.3) is 5.91 Å². The maximum Gasteiger partial charge on any atom is 0.271 e. The Hall–Kier alpha value is -3.20. The Kier molecular flexibility index (Phi) is 5.07. The Morgan fingerprint density at radius 2 is 2.11 bits per heavy atom. The van der Waals surface area contributed by atoms with Crippen LogP contribution in [0.5, 0.6) is 5.75 Å². The van der Waals surface area contributed by atoms with Crippen molar-refractivity contribution in [3.05, 3.63) is 58.8 Å². The molecule has 4 rings (SSSR count). The van der Waals surface area contributed by atoms with Crippen LogP contribution >= 0.6 is 0 Å². The fourth-order valence-corrected chi connectivity index (χ4v) is 3.42. The molecule has 0 saturated heterocycles. The summed E-state index contributed by atoms with van der Waals surface area (Å²) >= 11 is 0. The van der Waals surface area contributed by atoms with E-state index in [-0.39, 0.29) is 18.4 Å². The zero-order valence-electron chi connectivity index (χ0n) is 15.7. The van der Waals surface area contributed by atoms with E-state index in [1.165, 1.54) is 0 Å². The second kappa shape index (κ2) is 7.81. The van der Waals surface area contributed by atoms with Crippen LogP contribution in [0.25, 0.3) is 0 Å². The number of aromatic amines is 1. The van der Waals surface area contributed by atoms with Gasteiger partial charge in [0.05, 0.1) is 13.5 Å². The SMILES string of the molecule is COCc1noc(Cc2nc3c([nH]2)CC(c2ccccc2OC)CNC3=O)n1. The van der Waals surface area contributed by atoms with Crippen LogP contribution in [-0.2, 0) is 24.2 Å². The number of hydrogen-bond donors (Lipinski definition) is 2. The van der Waals surface area contributed by atoms with E-state index < -0.39 is 0 Å². The summed E-state index contributed by atoms with van der Waals surface area (Å²) in [5.74, 6) is 2.18. The molecule has 1 aromatic carbocycles. The number of imidazole rings is 1. The Bertz CT molecular complexity index is 980. The highest BCUT2D eigenvalue weighted by Crippen LogP contribution is 2.30. The smallest absolute Gasteiger partial charge is 0.271 e. The zero-order valence-corrected chi connectivity index (χ0v) is 15.7. The van der Waals surface area contributed by atoms with Gasteiger partial charge in [-0.1, -0.05) is 23.4 Å². The minimum Gasteiger partial charge on any atom is -0.496 e. The number of nitrogens with zero attached hydrogens (tertiary/aromatic N) is 3. The number of carbonyl (C=O) groups is 1. The van der Waals surface area contributed by atoms with Crippen LogP contribution in [-0.4, -0.2) is 46.8 Å². The Morgan fingerprint density at radius 1 is 1.25 bits per heavy atom. The monoisotopic (exact) mass is 383 g/mol. The number of fused-ring (bicyclic) bond motifs is 1. The van der Waals surface area contributed by atoms with Gasteiger partial charge in [-0.2, -0.15) is 4.98 Å². The van der Waals surface area contributed by atoms with E-state index in [0.29, 0.717) is 42.6 Å². The van der Waals surface area contributed by atoms with Crippen molar-refractivity contribution in [1.29, 1.82) is 0 Å². The van der Waals surface area contributed by atoms with Gasteiger partial charge < -0.3 is 24.3 Å². The zero-order chi connectivity index (χ0) is 19.5. The van der Waals surface area contributed by atoms with Gasteiger partial charge in [0.15, 0.2) is 5.82 Å². The highest BCUT2D eigenvalue weighted by molar-refractivity contribution is 5.94. The fraction of sp³-hybridized carbons (Fsp3) is 0.368. The molecule has 2 aromatic heterocycles. The summed E-state index contributed by atoms with van der Waals surface area (Å²) in [5.41, 5.74) is 2.25. The molecule has 9 nitrogen and oxygen atoms in total. The first kappa shape index (κ1) is 18.2. The largest absolute Gasteiger partial charge is 0.496 e. The molecule has 0 fully saturated rings. The molecule has 1 unspecified atom stereocenters. The van der Waals surface area contributed by atoms with E-state index in [2.05, 4.69) is 25.4 Å². The number of amides is 1. The van der Waals surface area contributed by atoms with E-state index in [1.54, 1.807) is 14.2 Å². The first-order valence-electron chi connectivity index (χ1n) is 8.97. The standard InChI is InChI=1S/C19H21N5O4/c1-26-10-16-22-17(28-24-16)8-15-21-13-7-11(9-20-19(25)18(13)23-15)12-5-3-4-6-14(12)27-2/h3-6,11H,7-10H2,1-2H3,(H,20,25)(H,21,23). The van der Waals surface area contributed by atoms with Gasteiger partial charge in [0.2, 0.25) is 5.89 Å². The van der Waals surface area contributed by atoms with E-state index >= 15 is 0 Å². The molecule has 0 radical (unpaired) electrons. The second-order valence-electron chi connectivity index (χ2n) is 6.58. The summed E-state index contributed by atoms with van der Waals surface area (Å²) in [6.07, 6.45) is 0.955.